The number of ether oxygens (including phenoxy) is 1. The molecule has 0 amide bonds. The first-order chi connectivity index (χ1) is 19.5. The molecule has 0 saturated carbocycles. The van der Waals surface area contributed by atoms with Crippen molar-refractivity contribution in [3.63, 3.8) is 0 Å². The maximum Gasteiger partial charge on any atom is 0.416 e. The first-order valence-corrected chi connectivity index (χ1v) is 12.1. The molecule has 0 aliphatic carbocycles. The molecule has 1 atom stereocenters. The van der Waals surface area contributed by atoms with E-state index in [1.165, 1.54) is 36.5 Å². The normalized spacial score (nSPS) is 15.5. The molecule has 41 heavy (non-hydrogen) atoms. The van der Waals surface area contributed by atoms with Gasteiger partial charge in [-0.25, -0.2) is 4.39 Å². The van der Waals surface area contributed by atoms with E-state index in [0.29, 0.717) is 34.6 Å². The van der Waals surface area contributed by atoms with Crippen LogP contribution in [0, 0.1) is 5.82 Å². The van der Waals surface area contributed by atoms with Gasteiger partial charge in [-0.05, 0) is 65.7 Å². The third-order valence-electron chi connectivity index (χ3n) is 6.45. The van der Waals surface area contributed by atoms with Crippen molar-refractivity contribution in [2.75, 3.05) is 7.11 Å². The summed E-state index contributed by atoms with van der Waals surface area (Å²) in [7, 11) is 1.46. The lowest BCUT2D eigenvalue weighted by Crippen LogP contribution is -2.31. The second kappa shape index (κ2) is 10.8. The Hall–Kier alpha value is -4.61. The summed E-state index contributed by atoms with van der Waals surface area (Å²) < 4.78 is 102. The molecule has 0 spiro atoms. The molecule has 0 saturated heterocycles. The SMILES string of the molecule is COc1ccc(C2=NOC(c3cc(C(F)(F)F)cc(C(F)(F)F)c3)N2Cc2cnccc2-c2ccccc2F)cc1. The van der Waals surface area contributed by atoms with E-state index in [1.807, 2.05) is 0 Å². The maximum atomic E-state index is 14.7. The highest BCUT2D eigenvalue weighted by atomic mass is 19.4. The van der Waals surface area contributed by atoms with Gasteiger partial charge in [0.05, 0.1) is 24.8 Å². The summed E-state index contributed by atoms with van der Waals surface area (Å²) >= 11 is 0. The average molecular weight is 575 g/mol. The third-order valence-corrected chi connectivity index (χ3v) is 6.45. The minimum Gasteiger partial charge on any atom is -0.497 e. The lowest BCUT2D eigenvalue weighted by molar-refractivity contribution is -0.143. The second-order valence-corrected chi connectivity index (χ2v) is 9.08. The van der Waals surface area contributed by atoms with Crippen molar-refractivity contribution < 1.29 is 40.3 Å². The minimum absolute atomic E-state index is 0.0471. The van der Waals surface area contributed by atoms with Crippen LogP contribution in [-0.2, 0) is 23.7 Å². The molecule has 1 aromatic heterocycles. The number of halogens is 7. The van der Waals surface area contributed by atoms with E-state index >= 15 is 0 Å². The summed E-state index contributed by atoms with van der Waals surface area (Å²) in [5, 5.41) is 4.05. The van der Waals surface area contributed by atoms with Crippen molar-refractivity contribution in [2.24, 2.45) is 5.16 Å². The number of oxime groups is 1. The van der Waals surface area contributed by atoms with Gasteiger partial charge in [0.1, 0.15) is 11.6 Å². The van der Waals surface area contributed by atoms with Crippen LogP contribution in [0.4, 0.5) is 30.7 Å². The Labute approximate surface area is 229 Å². The van der Waals surface area contributed by atoms with Crippen molar-refractivity contribution >= 4 is 5.84 Å². The van der Waals surface area contributed by atoms with Gasteiger partial charge in [-0.15, -0.1) is 0 Å². The zero-order chi connectivity index (χ0) is 29.4. The summed E-state index contributed by atoms with van der Waals surface area (Å²) in [5.74, 6) is 0.121. The highest BCUT2D eigenvalue weighted by Crippen LogP contribution is 2.41. The number of hydrogen-bond acceptors (Lipinski definition) is 5. The van der Waals surface area contributed by atoms with Gasteiger partial charge in [-0.2, -0.15) is 26.3 Å². The van der Waals surface area contributed by atoms with Gasteiger partial charge >= 0.3 is 12.4 Å². The number of aromatic nitrogens is 1. The Kier molecular flexibility index (Phi) is 7.33. The van der Waals surface area contributed by atoms with Crippen molar-refractivity contribution in [2.45, 2.75) is 25.1 Å². The smallest absolute Gasteiger partial charge is 0.416 e. The van der Waals surface area contributed by atoms with E-state index in [2.05, 4.69) is 10.1 Å². The molecule has 1 aliphatic rings. The second-order valence-electron chi connectivity index (χ2n) is 9.08. The van der Waals surface area contributed by atoms with E-state index in [-0.39, 0.29) is 24.0 Å². The van der Waals surface area contributed by atoms with E-state index in [9.17, 15) is 30.7 Å². The largest absolute Gasteiger partial charge is 0.497 e. The fourth-order valence-corrected chi connectivity index (χ4v) is 4.48. The Balaban J connectivity index is 1.63. The summed E-state index contributed by atoms with van der Waals surface area (Å²) in [4.78, 5) is 11.0. The van der Waals surface area contributed by atoms with Gasteiger partial charge in [0, 0.05) is 29.1 Å². The maximum absolute atomic E-state index is 14.7. The van der Waals surface area contributed by atoms with Crippen LogP contribution >= 0.6 is 0 Å². The molecular weight excluding hydrogens is 555 g/mol. The number of amidine groups is 1. The molecule has 0 bridgehead atoms. The number of rotatable bonds is 6. The summed E-state index contributed by atoms with van der Waals surface area (Å²) in [5.41, 5.74) is -1.85. The van der Waals surface area contributed by atoms with Crippen molar-refractivity contribution in [3.05, 3.63) is 119 Å². The zero-order valence-electron chi connectivity index (χ0n) is 21.2. The lowest BCUT2D eigenvalue weighted by Gasteiger charge is -2.27. The van der Waals surface area contributed by atoms with E-state index in [1.54, 1.807) is 42.5 Å². The Morgan fingerprint density at radius 2 is 1.51 bits per heavy atom. The average Bonchev–Trinajstić information content (AvgIpc) is 3.36. The number of hydrogen-bond donors (Lipinski definition) is 0. The van der Waals surface area contributed by atoms with Gasteiger partial charge in [0.2, 0.25) is 6.23 Å². The molecule has 1 unspecified atom stereocenters. The summed E-state index contributed by atoms with van der Waals surface area (Å²) in [6.45, 7) is -0.148. The molecule has 3 aromatic carbocycles. The van der Waals surface area contributed by atoms with Crippen LogP contribution < -0.4 is 4.74 Å². The molecule has 0 N–H and O–H groups in total. The lowest BCUT2D eigenvalue weighted by atomic mass is 9.99. The van der Waals surface area contributed by atoms with Crippen LogP contribution in [-0.4, -0.2) is 22.8 Å². The Morgan fingerprint density at radius 1 is 0.854 bits per heavy atom. The molecule has 5 nitrogen and oxygen atoms in total. The monoisotopic (exact) mass is 575 g/mol. The fourth-order valence-electron chi connectivity index (χ4n) is 4.48. The summed E-state index contributed by atoms with van der Waals surface area (Å²) in [6.07, 6.45) is -8.70. The summed E-state index contributed by atoms with van der Waals surface area (Å²) in [6, 6.07) is 15.2. The van der Waals surface area contributed by atoms with Crippen LogP contribution in [0.3, 0.4) is 0 Å². The number of benzene rings is 3. The molecule has 0 radical (unpaired) electrons. The molecule has 5 rings (SSSR count). The van der Waals surface area contributed by atoms with Crippen LogP contribution in [0.5, 0.6) is 5.75 Å². The zero-order valence-corrected chi connectivity index (χ0v) is 21.2. The minimum atomic E-state index is -5.06. The van der Waals surface area contributed by atoms with E-state index < -0.39 is 41.1 Å². The predicted octanol–water partition coefficient (Wildman–Crippen LogP) is 7.83. The number of methoxy groups -OCH3 is 1. The predicted molar refractivity (Wildman–Crippen MR) is 135 cm³/mol. The van der Waals surface area contributed by atoms with Gasteiger partial charge < -0.3 is 14.5 Å². The van der Waals surface area contributed by atoms with Gasteiger partial charge in [-0.1, -0.05) is 23.4 Å². The van der Waals surface area contributed by atoms with Crippen molar-refractivity contribution in [3.8, 4) is 16.9 Å². The number of nitrogens with zero attached hydrogens (tertiary/aromatic N) is 3. The number of pyridine rings is 1. The highest BCUT2D eigenvalue weighted by Gasteiger charge is 2.40. The molecule has 4 aromatic rings. The standard InChI is InChI=1S/C29H20F7N3O2/c1-40-22-8-6-17(7-9-22)26-38-41-27(18-12-20(28(31,32)33)14-21(13-18)29(34,35)36)39(26)16-19-15-37-11-10-23(19)24-4-2-3-5-25(24)30/h2-15,27H,16H2,1H3. The Morgan fingerprint density at radius 3 is 2.12 bits per heavy atom. The van der Waals surface area contributed by atoms with Crippen molar-refractivity contribution in [1.29, 1.82) is 0 Å². The van der Waals surface area contributed by atoms with Gasteiger partial charge in [-0.3, -0.25) is 4.98 Å². The first kappa shape index (κ1) is 27.9. The van der Waals surface area contributed by atoms with Gasteiger partial charge in [0.25, 0.3) is 0 Å². The van der Waals surface area contributed by atoms with E-state index in [4.69, 9.17) is 9.57 Å². The van der Waals surface area contributed by atoms with Crippen LogP contribution in [0.15, 0.2) is 90.3 Å². The van der Waals surface area contributed by atoms with Crippen LogP contribution in [0.2, 0.25) is 0 Å². The van der Waals surface area contributed by atoms with Crippen LogP contribution in [0.1, 0.15) is 34.0 Å². The highest BCUT2D eigenvalue weighted by molar-refractivity contribution is 5.99. The molecule has 2 heterocycles. The topological polar surface area (TPSA) is 47.0 Å². The molecular formula is C29H20F7N3O2. The molecule has 12 heteroatoms. The van der Waals surface area contributed by atoms with Crippen molar-refractivity contribution in [1.82, 2.24) is 9.88 Å². The van der Waals surface area contributed by atoms with Crippen LogP contribution in [0.25, 0.3) is 11.1 Å². The third kappa shape index (κ3) is 5.81. The number of alkyl halides is 6. The van der Waals surface area contributed by atoms with E-state index in [0.717, 1.165) is 0 Å². The Bertz CT molecular complexity index is 1550. The quantitative estimate of drug-likeness (QED) is 0.220. The molecule has 1 aliphatic heterocycles. The fraction of sp³-hybridized carbons (Fsp3) is 0.172. The molecule has 212 valence electrons. The molecule has 0 fully saturated rings. The first-order valence-electron chi connectivity index (χ1n) is 12.1. The van der Waals surface area contributed by atoms with Gasteiger partial charge in [0.15, 0.2) is 5.84 Å².